The van der Waals surface area contributed by atoms with E-state index in [4.69, 9.17) is 0 Å². The molecule has 0 saturated heterocycles. The van der Waals surface area contributed by atoms with E-state index in [2.05, 4.69) is 17.4 Å². The number of nitrogens with one attached hydrogen (secondary N) is 1. The number of carbonyl (C=O) groups excluding carboxylic acids is 1. The summed E-state index contributed by atoms with van der Waals surface area (Å²) in [6.45, 7) is 2.22. The van der Waals surface area contributed by atoms with Crippen molar-refractivity contribution in [3.8, 4) is 0 Å². The number of rotatable bonds is 9. The first-order chi connectivity index (χ1) is 14.8. The molecule has 162 valence electrons. The molecule has 6 heteroatoms. The van der Waals surface area contributed by atoms with E-state index in [1.165, 1.54) is 16.1 Å². The summed E-state index contributed by atoms with van der Waals surface area (Å²) in [7, 11) is -3.47. The summed E-state index contributed by atoms with van der Waals surface area (Å²) in [5.41, 5.74) is 3.16. The van der Waals surface area contributed by atoms with Crippen LogP contribution in [-0.2, 0) is 23.0 Å². The van der Waals surface area contributed by atoms with Crippen molar-refractivity contribution in [2.75, 3.05) is 10.6 Å². The smallest absolute Gasteiger partial charge is 0.251 e. The van der Waals surface area contributed by atoms with Gasteiger partial charge in [0.05, 0.1) is 18.5 Å². The van der Waals surface area contributed by atoms with E-state index >= 15 is 0 Å². The molecule has 3 aromatic rings. The Morgan fingerprint density at radius 2 is 1.42 bits per heavy atom. The van der Waals surface area contributed by atoms with Crippen LogP contribution in [0.2, 0.25) is 0 Å². The highest BCUT2D eigenvalue weighted by molar-refractivity contribution is 7.92. The molecule has 0 aliphatic rings. The van der Waals surface area contributed by atoms with Gasteiger partial charge in [0.2, 0.25) is 10.0 Å². The molecular weight excluding hydrogens is 408 g/mol. The summed E-state index contributed by atoms with van der Waals surface area (Å²) in [4.78, 5) is 12.6. The van der Waals surface area contributed by atoms with Gasteiger partial charge in [-0.15, -0.1) is 0 Å². The average Bonchev–Trinajstić information content (AvgIpc) is 2.77. The Morgan fingerprint density at radius 3 is 1.97 bits per heavy atom. The van der Waals surface area contributed by atoms with Gasteiger partial charge in [0, 0.05) is 11.6 Å². The molecule has 1 unspecified atom stereocenters. The minimum absolute atomic E-state index is 0.0259. The van der Waals surface area contributed by atoms with Gasteiger partial charge in [-0.2, -0.15) is 0 Å². The maximum atomic E-state index is 12.6. The van der Waals surface area contributed by atoms with Crippen molar-refractivity contribution < 1.29 is 13.2 Å². The number of aryl methyl sites for hydroxylation is 1. The van der Waals surface area contributed by atoms with Crippen molar-refractivity contribution in [2.24, 2.45) is 0 Å². The second-order valence-electron chi connectivity index (χ2n) is 7.70. The lowest BCUT2D eigenvalue weighted by molar-refractivity contribution is 0.0938. The number of sulfonamides is 1. The van der Waals surface area contributed by atoms with Crippen LogP contribution < -0.4 is 9.62 Å². The first-order valence-corrected chi connectivity index (χ1v) is 12.1. The third-order valence-corrected chi connectivity index (χ3v) is 6.21. The van der Waals surface area contributed by atoms with Crippen molar-refractivity contribution in [2.45, 2.75) is 32.4 Å². The molecule has 1 N–H and O–H groups in total. The molecule has 0 aliphatic heterocycles. The summed E-state index contributed by atoms with van der Waals surface area (Å²) in [6, 6.07) is 26.3. The van der Waals surface area contributed by atoms with Crippen LogP contribution in [0.1, 0.15) is 34.8 Å². The largest absolute Gasteiger partial charge is 0.350 e. The number of hydrogen-bond donors (Lipinski definition) is 1. The van der Waals surface area contributed by atoms with E-state index in [-0.39, 0.29) is 18.5 Å². The topological polar surface area (TPSA) is 66.5 Å². The Bertz CT molecular complexity index is 1080. The van der Waals surface area contributed by atoms with Crippen LogP contribution in [0.25, 0.3) is 0 Å². The summed E-state index contributed by atoms with van der Waals surface area (Å²) in [5.74, 6) is -0.166. The molecule has 31 heavy (non-hydrogen) atoms. The van der Waals surface area contributed by atoms with Gasteiger partial charge in [-0.3, -0.25) is 9.10 Å². The van der Waals surface area contributed by atoms with Crippen molar-refractivity contribution in [3.63, 3.8) is 0 Å². The predicted octanol–water partition coefficient (Wildman–Crippen LogP) is 4.40. The molecule has 0 heterocycles. The highest BCUT2D eigenvalue weighted by atomic mass is 32.2. The van der Waals surface area contributed by atoms with E-state index in [0.717, 1.165) is 18.4 Å². The van der Waals surface area contributed by atoms with Gasteiger partial charge in [-0.25, -0.2) is 8.42 Å². The van der Waals surface area contributed by atoms with Gasteiger partial charge in [0.25, 0.3) is 5.91 Å². The van der Waals surface area contributed by atoms with E-state index in [9.17, 15) is 13.2 Å². The van der Waals surface area contributed by atoms with Crippen LogP contribution in [0.5, 0.6) is 0 Å². The second kappa shape index (κ2) is 10.3. The Balaban J connectivity index is 1.64. The molecule has 3 rings (SSSR count). The van der Waals surface area contributed by atoms with Crippen LogP contribution >= 0.6 is 0 Å². The summed E-state index contributed by atoms with van der Waals surface area (Å²) < 4.78 is 26.0. The second-order valence-corrected chi connectivity index (χ2v) is 9.61. The van der Waals surface area contributed by atoms with Gasteiger partial charge in [0.1, 0.15) is 0 Å². The first kappa shape index (κ1) is 22.6. The number of anilines is 1. The molecule has 3 aromatic carbocycles. The SMILES string of the molecule is CC(CCc1ccccc1)NC(=O)c1ccc(N(Cc2ccccc2)S(C)(=O)=O)cc1. The van der Waals surface area contributed by atoms with E-state index in [1.807, 2.05) is 55.5 Å². The molecule has 0 fully saturated rings. The van der Waals surface area contributed by atoms with E-state index < -0.39 is 10.0 Å². The minimum Gasteiger partial charge on any atom is -0.350 e. The Morgan fingerprint density at radius 1 is 0.871 bits per heavy atom. The highest BCUT2D eigenvalue weighted by Crippen LogP contribution is 2.21. The molecule has 0 spiro atoms. The Kier molecular flexibility index (Phi) is 7.47. The maximum absolute atomic E-state index is 12.6. The van der Waals surface area contributed by atoms with Crippen LogP contribution in [0.4, 0.5) is 5.69 Å². The zero-order valence-electron chi connectivity index (χ0n) is 17.9. The lowest BCUT2D eigenvalue weighted by Gasteiger charge is -2.23. The summed E-state index contributed by atoms with van der Waals surface area (Å²) in [6.07, 6.45) is 2.92. The Hall–Kier alpha value is -3.12. The monoisotopic (exact) mass is 436 g/mol. The molecule has 0 bridgehead atoms. The summed E-state index contributed by atoms with van der Waals surface area (Å²) in [5, 5.41) is 3.01. The molecule has 1 amide bonds. The minimum atomic E-state index is -3.47. The van der Waals surface area contributed by atoms with E-state index in [1.54, 1.807) is 24.3 Å². The third-order valence-electron chi connectivity index (χ3n) is 5.07. The zero-order chi connectivity index (χ0) is 22.3. The average molecular weight is 437 g/mol. The van der Waals surface area contributed by atoms with Crippen molar-refractivity contribution in [1.82, 2.24) is 5.32 Å². The van der Waals surface area contributed by atoms with Crippen LogP contribution in [-0.4, -0.2) is 26.6 Å². The molecular formula is C25H28N2O3S. The van der Waals surface area contributed by atoms with Crippen LogP contribution in [0.3, 0.4) is 0 Å². The number of hydrogen-bond acceptors (Lipinski definition) is 3. The van der Waals surface area contributed by atoms with Gasteiger partial charge >= 0.3 is 0 Å². The van der Waals surface area contributed by atoms with E-state index in [0.29, 0.717) is 11.3 Å². The fourth-order valence-corrected chi connectivity index (χ4v) is 4.22. The van der Waals surface area contributed by atoms with Crippen molar-refractivity contribution >= 4 is 21.6 Å². The Labute approximate surface area is 184 Å². The number of nitrogens with zero attached hydrogens (tertiary/aromatic N) is 1. The predicted molar refractivity (Wildman–Crippen MR) is 126 cm³/mol. The lowest BCUT2D eigenvalue weighted by atomic mass is 10.1. The number of amides is 1. The highest BCUT2D eigenvalue weighted by Gasteiger charge is 2.18. The fourth-order valence-electron chi connectivity index (χ4n) is 3.34. The van der Waals surface area contributed by atoms with Crippen LogP contribution in [0, 0.1) is 0 Å². The third kappa shape index (κ3) is 6.69. The van der Waals surface area contributed by atoms with Crippen LogP contribution in [0.15, 0.2) is 84.9 Å². The van der Waals surface area contributed by atoms with Crippen molar-refractivity contribution in [3.05, 3.63) is 102 Å². The normalized spacial score (nSPS) is 12.2. The molecule has 0 saturated carbocycles. The first-order valence-electron chi connectivity index (χ1n) is 10.3. The zero-order valence-corrected chi connectivity index (χ0v) is 18.7. The van der Waals surface area contributed by atoms with Crippen molar-refractivity contribution in [1.29, 1.82) is 0 Å². The molecule has 5 nitrogen and oxygen atoms in total. The lowest BCUT2D eigenvalue weighted by Crippen LogP contribution is -2.33. The fraction of sp³-hybridized carbons (Fsp3) is 0.240. The van der Waals surface area contributed by atoms with Gasteiger partial charge < -0.3 is 5.32 Å². The van der Waals surface area contributed by atoms with Gasteiger partial charge in [-0.05, 0) is 55.2 Å². The molecule has 0 aliphatic carbocycles. The molecule has 0 aromatic heterocycles. The van der Waals surface area contributed by atoms with Gasteiger partial charge in [-0.1, -0.05) is 60.7 Å². The molecule has 0 radical (unpaired) electrons. The number of benzene rings is 3. The molecule has 1 atom stereocenters. The number of carbonyl (C=O) groups is 1. The standard InChI is InChI=1S/C25H28N2O3S/c1-20(13-14-21-9-5-3-6-10-21)26-25(28)23-15-17-24(18-16-23)27(31(2,29)30)19-22-11-7-4-8-12-22/h3-12,15-18,20H,13-14,19H2,1-2H3,(H,26,28). The maximum Gasteiger partial charge on any atom is 0.251 e. The summed E-state index contributed by atoms with van der Waals surface area (Å²) >= 11 is 0. The van der Waals surface area contributed by atoms with Gasteiger partial charge in [0.15, 0.2) is 0 Å². The quantitative estimate of drug-likeness (QED) is 0.541.